The zero-order chi connectivity index (χ0) is 15.4. The van der Waals surface area contributed by atoms with Crippen LogP contribution in [0.2, 0.25) is 0 Å². The van der Waals surface area contributed by atoms with Crippen molar-refractivity contribution >= 4 is 17.8 Å². The largest absolute Gasteiger partial charge is 0.379 e. The van der Waals surface area contributed by atoms with Gasteiger partial charge in [-0.05, 0) is 19.1 Å². The molecule has 2 amide bonds. The molecule has 22 heavy (non-hydrogen) atoms. The minimum atomic E-state index is 0.0553. The number of ether oxygens (including phenoxy) is 2. The van der Waals surface area contributed by atoms with E-state index in [-0.39, 0.29) is 17.7 Å². The number of rotatable bonds is 3. The Morgan fingerprint density at radius 2 is 2.14 bits per heavy atom. The zero-order valence-corrected chi connectivity index (χ0v) is 14.2. The summed E-state index contributed by atoms with van der Waals surface area (Å²) in [5.74, 6) is 2.29. The number of carbonyl (C=O) groups is 1. The number of nitrogens with zero attached hydrogens (tertiary/aromatic N) is 2. The molecule has 2 atom stereocenters. The molecule has 3 aliphatic rings. The predicted octanol–water partition coefficient (Wildman–Crippen LogP) is 0.625. The number of nitrogens with one attached hydrogen (secondary N) is 1. The highest BCUT2D eigenvalue weighted by Crippen LogP contribution is 2.33. The molecule has 0 spiro atoms. The maximum atomic E-state index is 12.4. The summed E-state index contributed by atoms with van der Waals surface area (Å²) in [7, 11) is 0. The summed E-state index contributed by atoms with van der Waals surface area (Å²) in [5, 5.41) is 3.19. The smallest absolute Gasteiger partial charge is 0.317 e. The third-order valence-electron chi connectivity index (χ3n) is 4.86. The molecule has 3 saturated heterocycles. The quantitative estimate of drug-likeness (QED) is 0.823. The van der Waals surface area contributed by atoms with Gasteiger partial charge in [-0.15, -0.1) is 0 Å². The van der Waals surface area contributed by atoms with Crippen LogP contribution in [0.1, 0.15) is 13.3 Å². The van der Waals surface area contributed by atoms with Gasteiger partial charge in [0, 0.05) is 44.0 Å². The molecule has 1 N–H and O–H groups in total. The van der Waals surface area contributed by atoms with Gasteiger partial charge in [0.1, 0.15) is 0 Å². The van der Waals surface area contributed by atoms with Crippen molar-refractivity contribution in [3.63, 3.8) is 0 Å². The van der Waals surface area contributed by atoms with Crippen LogP contribution in [0.3, 0.4) is 0 Å². The Balaban J connectivity index is 1.56. The molecule has 0 bridgehead atoms. The Morgan fingerprint density at radius 3 is 2.82 bits per heavy atom. The van der Waals surface area contributed by atoms with Gasteiger partial charge in [-0.1, -0.05) is 0 Å². The highest BCUT2D eigenvalue weighted by atomic mass is 32.2. The van der Waals surface area contributed by atoms with E-state index in [0.29, 0.717) is 19.7 Å². The van der Waals surface area contributed by atoms with E-state index in [2.05, 4.69) is 10.2 Å². The van der Waals surface area contributed by atoms with Crippen molar-refractivity contribution in [2.75, 3.05) is 64.1 Å². The van der Waals surface area contributed by atoms with Gasteiger partial charge in [0.2, 0.25) is 0 Å². The molecular weight excluding hydrogens is 302 g/mol. The molecule has 7 heteroatoms. The second-order valence-corrected chi connectivity index (χ2v) is 7.52. The molecule has 0 radical (unpaired) electrons. The van der Waals surface area contributed by atoms with Crippen LogP contribution in [0, 0.1) is 0 Å². The number of carbonyl (C=O) groups excluding carboxylic acids is 1. The molecule has 3 aliphatic heterocycles. The van der Waals surface area contributed by atoms with Crippen molar-refractivity contribution in [3.8, 4) is 0 Å². The molecule has 6 nitrogen and oxygen atoms in total. The van der Waals surface area contributed by atoms with Crippen molar-refractivity contribution < 1.29 is 14.3 Å². The average molecular weight is 329 g/mol. The first-order valence-electron chi connectivity index (χ1n) is 8.25. The summed E-state index contributed by atoms with van der Waals surface area (Å²) in [5.41, 5.74) is 0.113. The number of thioether (sulfide) groups is 1. The zero-order valence-electron chi connectivity index (χ0n) is 13.4. The maximum absolute atomic E-state index is 12.4. The first kappa shape index (κ1) is 16.4. The van der Waals surface area contributed by atoms with Gasteiger partial charge in [0.15, 0.2) is 0 Å². The van der Waals surface area contributed by atoms with Gasteiger partial charge in [-0.3, -0.25) is 4.90 Å². The fraction of sp³-hybridized carbons (Fsp3) is 0.933. The van der Waals surface area contributed by atoms with E-state index in [1.165, 1.54) is 5.75 Å². The summed E-state index contributed by atoms with van der Waals surface area (Å²) in [6, 6.07) is 0.0553. The van der Waals surface area contributed by atoms with E-state index >= 15 is 0 Å². The van der Waals surface area contributed by atoms with E-state index in [4.69, 9.17) is 9.47 Å². The highest BCUT2D eigenvalue weighted by molar-refractivity contribution is 7.99. The summed E-state index contributed by atoms with van der Waals surface area (Å²) in [6.07, 6.45) is 1.28. The molecular formula is C15H27N3O3S. The second kappa shape index (κ2) is 7.38. The van der Waals surface area contributed by atoms with Crippen molar-refractivity contribution in [1.29, 1.82) is 0 Å². The van der Waals surface area contributed by atoms with E-state index in [9.17, 15) is 4.79 Å². The van der Waals surface area contributed by atoms with Gasteiger partial charge < -0.3 is 19.7 Å². The Morgan fingerprint density at radius 1 is 1.32 bits per heavy atom. The van der Waals surface area contributed by atoms with E-state index in [1.54, 1.807) is 0 Å². The minimum absolute atomic E-state index is 0.0553. The van der Waals surface area contributed by atoms with Gasteiger partial charge in [0.25, 0.3) is 0 Å². The lowest BCUT2D eigenvalue weighted by atomic mass is 9.95. The maximum Gasteiger partial charge on any atom is 0.317 e. The van der Waals surface area contributed by atoms with Crippen molar-refractivity contribution in [2.24, 2.45) is 0 Å². The first-order chi connectivity index (χ1) is 10.7. The van der Waals surface area contributed by atoms with Crippen LogP contribution < -0.4 is 5.32 Å². The van der Waals surface area contributed by atoms with E-state index in [0.717, 1.165) is 45.0 Å². The fourth-order valence-corrected chi connectivity index (χ4v) is 4.97. The summed E-state index contributed by atoms with van der Waals surface area (Å²) in [6.45, 7) is 8.34. The molecule has 0 aromatic heterocycles. The van der Waals surface area contributed by atoms with Gasteiger partial charge in [-0.2, -0.15) is 11.8 Å². The van der Waals surface area contributed by atoms with Crippen LogP contribution in [0.25, 0.3) is 0 Å². The Labute approximate surface area is 136 Å². The molecule has 0 saturated carbocycles. The monoisotopic (exact) mass is 329 g/mol. The molecule has 0 aromatic carbocycles. The third-order valence-corrected chi connectivity index (χ3v) is 6.10. The van der Waals surface area contributed by atoms with Gasteiger partial charge >= 0.3 is 6.03 Å². The van der Waals surface area contributed by atoms with Crippen molar-refractivity contribution in [2.45, 2.75) is 25.0 Å². The number of hydrogen-bond acceptors (Lipinski definition) is 5. The second-order valence-electron chi connectivity index (χ2n) is 6.41. The summed E-state index contributed by atoms with van der Waals surface area (Å²) < 4.78 is 11.0. The number of morpholine rings is 2. The first-order valence-corrected chi connectivity index (χ1v) is 9.40. The molecule has 3 heterocycles. The number of hydrogen-bond donors (Lipinski definition) is 1. The number of urea groups is 1. The molecule has 0 aromatic rings. The lowest BCUT2D eigenvalue weighted by Gasteiger charge is -2.43. The molecule has 0 aliphatic carbocycles. The van der Waals surface area contributed by atoms with E-state index < -0.39 is 0 Å². The van der Waals surface area contributed by atoms with Crippen molar-refractivity contribution in [1.82, 2.24) is 15.1 Å². The molecule has 3 fully saturated rings. The Kier molecular flexibility index (Phi) is 5.49. The topological polar surface area (TPSA) is 54.0 Å². The normalized spacial score (nSPS) is 33.9. The SMILES string of the molecule is C[C@H]1CN(C(=O)NC[C@@]2(N3CCOCC3)CCSC2)CCO1. The van der Waals surface area contributed by atoms with Crippen molar-refractivity contribution in [3.05, 3.63) is 0 Å². The Hall–Kier alpha value is -0.500. The average Bonchev–Trinajstić information content (AvgIpc) is 3.04. The van der Waals surface area contributed by atoms with Crippen LogP contribution in [0.5, 0.6) is 0 Å². The lowest BCUT2D eigenvalue weighted by molar-refractivity contribution is -0.0157. The van der Waals surface area contributed by atoms with Gasteiger partial charge in [0.05, 0.1) is 25.9 Å². The third kappa shape index (κ3) is 3.69. The van der Waals surface area contributed by atoms with Gasteiger partial charge in [-0.25, -0.2) is 4.79 Å². The summed E-state index contributed by atoms with van der Waals surface area (Å²) >= 11 is 1.99. The molecule has 3 rings (SSSR count). The van der Waals surface area contributed by atoms with Crippen LogP contribution in [-0.2, 0) is 9.47 Å². The van der Waals surface area contributed by atoms with Crippen LogP contribution in [0.4, 0.5) is 4.79 Å². The lowest BCUT2D eigenvalue weighted by Crippen LogP contribution is -2.60. The highest BCUT2D eigenvalue weighted by Gasteiger charge is 2.41. The predicted molar refractivity (Wildman–Crippen MR) is 87.5 cm³/mol. The van der Waals surface area contributed by atoms with Crippen LogP contribution in [-0.4, -0.2) is 91.5 Å². The molecule has 0 unspecified atom stereocenters. The molecule has 126 valence electrons. The number of amides is 2. The fourth-order valence-electron chi connectivity index (χ4n) is 3.49. The minimum Gasteiger partial charge on any atom is -0.379 e. The standard InChI is InChI=1S/C15H27N3O3S/c1-13-10-17(3-8-21-13)14(19)16-11-15(2-9-22-12-15)18-4-6-20-7-5-18/h13H,2-12H2,1H3,(H,16,19)/t13-,15-/m0/s1. The van der Waals surface area contributed by atoms with Crippen LogP contribution >= 0.6 is 11.8 Å². The Bertz CT molecular complexity index is 384. The summed E-state index contributed by atoms with van der Waals surface area (Å²) in [4.78, 5) is 16.8. The van der Waals surface area contributed by atoms with E-state index in [1.807, 2.05) is 23.6 Å². The van der Waals surface area contributed by atoms with Crippen LogP contribution in [0.15, 0.2) is 0 Å².